The van der Waals surface area contributed by atoms with Crippen LogP contribution in [0.3, 0.4) is 0 Å². The second kappa shape index (κ2) is 9.54. The van der Waals surface area contributed by atoms with Crippen molar-refractivity contribution in [2.75, 3.05) is 0 Å². The first-order chi connectivity index (χ1) is 17.0. The van der Waals surface area contributed by atoms with Crippen LogP contribution in [0.5, 0.6) is 0 Å². The molecule has 0 aliphatic carbocycles. The summed E-state index contributed by atoms with van der Waals surface area (Å²) in [6.45, 7) is 4.40. The number of aromatic nitrogens is 2. The van der Waals surface area contributed by atoms with Gasteiger partial charge in [0.25, 0.3) is 5.89 Å². The maximum Gasteiger partial charge on any atom is 0.322 e. The van der Waals surface area contributed by atoms with Crippen LogP contribution >= 0.6 is 0 Å². The van der Waals surface area contributed by atoms with Gasteiger partial charge in [-0.3, -0.25) is 4.90 Å². The number of nitrogens with one attached hydrogen (secondary N) is 1. The lowest BCUT2D eigenvalue weighted by Gasteiger charge is -2.35. The average molecular weight is 469 g/mol. The van der Waals surface area contributed by atoms with E-state index in [9.17, 15) is 9.18 Å². The number of halogens is 1. The van der Waals surface area contributed by atoms with Gasteiger partial charge < -0.3 is 9.84 Å². The Morgan fingerprint density at radius 2 is 1.74 bits per heavy atom. The predicted molar refractivity (Wildman–Crippen MR) is 131 cm³/mol. The minimum atomic E-state index is -0.469. The lowest BCUT2D eigenvalue weighted by atomic mass is 9.94. The number of benzene rings is 3. The molecule has 1 aromatic heterocycles. The second-order valence-electron chi connectivity index (χ2n) is 8.48. The third-order valence-electron chi connectivity index (χ3n) is 6.24. The normalized spacial score (nSPS) is 15.9. The molecular formula is C28H25FN4O2. The van der Waals surface area contributed by atoms with E-state index in [0.717, 1.165) is 23.2 Å². The zero-order valence-electron chi connectivity index (χ0n) is 19.5. The summed E-state index contributed by atoms with van der Waals surface area (Å²) in [4.78, 5) is 19.5. The molecule has 176 valence electrons. The molecule has 35 heavy (non-hydrogen) atoms. The number of allylic oxidation sites excluding steroid dienone is 1. The van der Waals surface area contributed by atoms with Crippen molar-refractivity contribution >= 4 is 11.6 Å². The van der Waals surface area contributed by atoms with Crippen LogP contribution < -0.4 is 5.32 Å². The highest BCUT2D eigenvalue weighted by atomic mass is 19.1. The van der Waals surface area contributed by atoms with Crippen LogP contribution in [0.25, 0.3) is 17.0 Å². The molecular weight excluding hydrogens is 443 g/mol. The zero-order valence-corrected chi connectivity index (χ0v) is 19.5. The van der Waals surface area contributed by atoms with E-state index < -0.39 is 6.04 Å². The molecule has 1 unspecified atom stereocenters. The van der Waals surface area contributed by atoms with Gasteiger partial charge in [-0.05, 0) is 42.2 Å². The van der Waals surface area contributed by atoms with Gasteiger partial charge in [0.1, 0.15) is 5.82 Å². The summed E-state index contributed by atoms with van der Waals surface area (Å²) in [6, 6.07) is 23.3. The topological polar surface area (TPSA) is 71.3 Å². The number of carbonyl (C=O) groups excluding carboxylic acids is 1. The van der Waals surface area contributed by atoms with Crippen LogP contribution in [0, 0.1) is 5.82 Å². The quantitative estimate of drug-likeness (QED) is 0.369. The van der Waals surface area contributed by atoms with Gasteiger partial charge >= 0.3 is 6.03 Å². The molecule has 3 aromatic carbocycles. The number of hydrogen-bond donors (Lipinski definition) is 1. The fraction of sp³-hybridized carbons (Fsp3) is 0.179. The monoisotopic (exact) mass is 468 g/mol. The van der Waals surface area contributed by atoms with E-state index in [1.54, 1.807) is 17.0 Å². The summed E-state index contributed by atoms with van der Waals surface area (Å²) in [5.74, 6) is 0.184. The lowest BCUT2D eigenvalue weighted by molar-refractivity contribution is 0.203. The first kappa shape index (κ1) is 22.5. The van der Waals surface area contributed by atoms with Crippen molar-refractivity contribution in [2.45, 2.75) is 32.9 Å². The van der Waals surface area contributed by atoms with Crippen molar-refractivity contribution in [3.63, 3.8) is 0 Å². The third-order valence-corrected chi connectivity index (χ3v) is 6.24. The lowest BCUT2D eigenvalue weighted by Crippen LogP contribution is -2.45. The summed E-state index contributed by atoms with van der Waals surface area (Å²) in [5.41, 5.74) is 5.09. The first-order valence-corrected chi connectivity index (χ1v) is 11.5. The van der Waals surface area contributed by atoms with Gasteiger partial charge in [0.15, 0.2) is 0 Å². The van der Waals surface area contributed by atoms with Crippen molar-refractivity contribution in [3.05, 3.63) is 113 Å². The first-order valence-electron chi connectivity index (χ1n) is 11.5. The summed E-state index contributed by atoms with van der Waals surface area (Å²) >= 11 is 0. The Hall–Kier alpha value is -4.26. The van der Waals surface area contributed by atoms with Crippen molar-refractivity contribution in [2.24, 2.45) is 0 Å². The number of urea groups is 1. The van der Waals surface area contributed by atoms with Gasteiger partial charge in [-0.1, -0.05) is 78.8 Å². The molecule has 0 spiro atoms. The molecule has 4 aromatic rings. The summed E-state index contributed by atoms with van der Waals surface area (Å²) < 4.78 is 19.4. The molecule has 1 aliphatic rings. The second-order valence-corrected chi connectivity index (χ2v) is 8.48. The molecule has 0 bridgehead atoms. The fourth-order valence-corrected chi connectivity index (χ4v) is 4.28. The Kier molecular flexibility index (Phi) is 6.14. The molecule has 6 nitrogen and oxygen atoms in total. The highest BCUT2D eigenvalue weighted by Crippen LogP contribution is 2.37. The number of carbonyl (C=O) groups is 1. The summed E-state index contributed by atoms with van der Waals surface area (Å²) in [6.07, 6.45) is 0.955. The highest BCUT2D eigenvalue weighted by Gasteiger charge is 2.35. The van der Waals surface area contributed by atoms with Gasteiger partial charge in [-0.15, -0.1) is 0 Å². The van der Waals surface area contributed by atoms with E-state index in [0.29, 0.717) is 17.7 Å². The standard InChI is InChI=1S/C28H25FN4O2/c1-3-19-12-14-20(15-13-19)17-33-18(2)24(25(30-28(33)34)21-8-5-4-6-9-21)27-31-26(32-35-27)22-10-7-11-23(29)16-22/h4-16,25H,3,17H2,1-2H3,(H,30,34). The van der Waals surface area contributed by atoms with E-state index in [4.69, 9.17) is 4.52 Å². The molecule has 2 amide bonds. The molecule has 5 rings (SSSR count). The van der Waals surface area contributed by atoms with Gasteiger partial charge in [0.2, 0.25) is 5.82 Å². The molecule has 2 heterocycles. The van der Waals surface area contributed by atoms with E-state index in [2.05, 4.69) is 34.5 Å². The van der Waals surface area contributed by atoms with Crippen molar-refractivity contribution in [1.82, 2.24) is 20.4 Å². The van der Waals surface area contributed by atoms with Gasteiger partial charge in [0.05, 0.1) is 18.2 Å². The van der Waals surface area contributed by atoms with Gasteiger partial charge in [0, 0.05) is 11.3 Å². The Labute approximate surface area is 203 Å². The highest BCUT2D eigenvalue weighted by molar-refractivity contribution is 5.86. The minimum Gasteiger partial charge on any atom is -0.334 e. The van der Waals surface area contributed by atoms with E-state index in [-0.39, 0.29) is 23.6 Å². The van der Waals surface area contributed by atoms with Crippen LogP contribution in [0.4, 0.5) is 9.18 Å². The van der Waals surface area contributed by atoms with Gasteiger partial charge in [-0.2, -0.15) is 4.98 Å². The molecule has 0 fully saturated rings. The molecule has 1 atom stereocenters. The molecule has 0 saturated heterocycles. The minimum absolute atomic E-state index is 0.204. The largest absolute Gasteiger partial charge is 0.334 e. The van der Waals surface area contributed by atoms with Crippen LogP contribution in [0.1, 0.15) is 42.5 Å². The average Bonchev–Trinajstić information content (AvgIpc) is 3.37. The number of aryl methyl sites for hydroxylation is 1. The Bertz CT molecular complexity index is 1380. The SMILES string of the molecule is CCc1ccc(CN2C(=O)NC(c3ccccc3)C(c3nc(-c4cccc(F)c4)no3)=C2C)cc1. The van der Waals surface area contributed by atoms with Crippen LogP contribution in [-0.2, 0) is 13.0 Å². The summed E-state index contributed by atoms with van der Waals surface area (Å²) in [5, 5.41) is 7.20. The smallest absolute Gasteiger partial charge is 0.322 e. The predicted octanol–water partition coefficient (Wildman–Crippen LogP) is 6.14. The van der Waals surface area contributed by atoms with E-state index in [1.807, 2.05) is 49.4 Å². The van der Waals surface area contributed by atoms with E-state index >= 15 is 0 Å². The van der Waals surface area contributed by atoms with Crippen LogP contribution in [0.15, 0.2) is 89.1 Å². The van der Waals surface area contributed by atoms with Crippen LogP contribution in [-0.4, -0.2) is 21.1 Å². The fourth-order valence-electron chi connectivity index (χ4n) is 4.28. The maximum atomic E-state index is 13.8. The van der Waals surface area contributed by atoms with Crippen LogP contribution in [0.2, 0.25) is 0 Å². The molecule has 7 heteroatoms. The Balaban J connectivity index is 1.57. The van der Waals surface area contributed by atoms with E-state index in [1.165, 1.54) is 17.7 Å². The molecule has 1 aliphatic heterocycles. The number of amides is 2. The number of nitrogens with zero attached hydrogens (tertiary/aromatic N) is 3. The third kappa shape index (κ3) is 4.57. The number of rotatable bonds is 6. The Morgan fingerprint density at radius 1 is 1.00 bits per heavy atom. The Morgan fingerprint density at radius 3 is 2.46 bits per heavy atom. The summed E-state index contributed by atoms with van der Waals surface area (Å²) in [7, 11) is 0. The van der Waals surface area contributed by atoms with Crippen molar-refractivity contribution in [3.8, 4) is 11.4 Å². The number of hydrogen-bond acceptors (Lipinski definition) is 4. The van der Waals surface area contributed by atoms with Crippen molar-refractivity contribution < 1.29 is 13.7 Å². The van der Waals surface area contributed by atoms with Gasteiger partial charge in [-0.25, -0.2) is 9.18 Å². The molecule has 0 radical (unpaired) electrons. The molecule has 0 saturated carbocycles. The molecule has 1 N–H and O–H groups in total. The maximum absolute atomic E-state index is 13.8. The zero-order chi connectivity index (χ0) is 24.4. The van der Waals surface area contributed by atoms with Crippen molar-refractivity contribution in [1.29, 1.82) is 0 Å².